The van der Waals surface area contributed by atoms with E-state index in [1.54, 1.807) is 17.5 Å². The molecular weight excluding hydrogens is 256 g/mol. The minimum absolute atomic E-state index is 0.266. The number of rotatable bonds is 4. The van der Waals surface area contributed by atoms with Crippen molar-refractivity contribution in [2.24, 2.45) is 7.05 Å². The van der Waals surface area contributed by atoms with Crippen molar-refractivity contribution in [1.82, 2.24) is 9.55 Å². The smallest absolute Gasteiger partial charge is 0.173 e. The van der Waals surface area contributed by atoms with Gasteiger partial charge >= 0.3 is 0 Å². The van der Waals surface area contributed by atoms with Crippen LogP contribution in [0.25, 0.3) is 0 Å². The summed E-state index contributed by atoms with van der Waals surface area (Å²) in [5.74, 6) is 1.25. The summed E-state index contributed by atoms with van der Waals surface area (Å²) in [4.78, 5) is 18.9. The predicted molar refractivity (Wildman–Crippen MR) is 76.8 cm³/mol. The van der Waals surface area contributed by atoms with Crippen molar-refractivity contribution in [3.8, 4) is 0 Å². The molecule has 19 heavy (non-hydrogen) atoms. The molecule has 0 aliphatic heterocycles. The number of ketones is 1. The molecule has 1 aliphatic carbocycles. The minimum Gasteiger partial charge on any atom is -0.338 e. The molecule has 1 aliphatic rings. The van der Waals surface area contributed by atoms with Gasteiger partial charge in [0.25, 0.3) is 0 Å². The number of thiophene rings is 1. The Kier molecular flexibility index (Phi) is 3.51. The molecule has 0 saturated heterocycles. The van der Waals surface area contributed by atoms with Crippen molar-refractivity contribution in [2.45, 2.75) is 38.5 Å². The zero-order valence-electron chi connectivity index (χ0n) is 11.2. The predicted octanol–water partition coefficient (Wildman–Crippen LogP) is 3.18. The first-order valence-corrected chi connectivity index (χ1v) is 7.66. The van der Waals surface area contributed by atoms with Crippen molar-refractivity contribution in [3.05, 3.63) is 39.6 Å². The Morgan fingerprint density at radius 2 is 2.26 bits per heavy atom. The summed E-state index contributed by atoms with van der Waals surface area (Å²) in [6.45, 7) is 0. The van der Waals surface area contributed by atoms with Gasteiger partial charge in [-0.3, -0.25) is 4.79 Å². The summed E-state index contributed by atoms with van der Waals surface area (Å²) in [5, 5.41) is 0. The zero-order valence-corrected chi connectivity index (χ0v) is 12.0. The summed E-state index contributed by atoms with van der Waals surface area (Å²) >= 11 is 1.71. The quantitative estimate of drug-likeness (QED) is 0.803. The highest BCUT2D eigenvalue weighted by molar-refractivity contribution is 7.14. The molecule has 2 aromatic rings. The Morgan fingerprint density at radius 1 is 1.42 bits per heavy atom. The molecule has 3 rings (SSSR count). The molecule has 0 saturated carbocycles. The molecule has 0 fully saturated rings. The van der Waals surface area contributed by atoms with Gasteiger partial charge in [0.15, 0.2) is 5.78 Å². The monoisotopic (exact) mass is 274 g/mol. The van der Waals surface area contributed by atoms with E-state index in [0.717, 1.165) is 30.0 Å². The number of carbonyl (C=O) groups excluding carboxylic acids is 1. The molecule has 0 spiro atoms. The van der Waals surface area contributed by atoms with Gasteiger partial charge in [-0.15, -0.1) is 11.3 Å². The number of fused-ring (bicyclic) bond motifs is 1. The topological polar surface area (TPSA) is 34.9 Å². The van der Waals surface area contributed by atoms with Crippen LogP contribution in [0.3, 0.4) is 0 Å². The highest BCUT2D eigenvalue weighted by Crippen LogP contribution is 2.30. The van der Waals surface area contributed by atoms with Gasteiger partial charge in [-0.2, -0.15) is 0 Å². The Labute approximate surface area is 117 Å². The maximum absolute atomic E-state index is 12.2. The third-order valence-corrected chi connectivity index (χ3v) is 5.05. The van der Waals surface area contributed by atoms with Gasteiger partial charge in [-0.1, -0.05) is 0 Å². The van der Waals surface area contributed by atoms with Gasteiger partial charge in [0.05, 0.1) is 4.88 Å². The van der Waals surface area contributed by atoms with Crippen molar-refractivity contribution >= 4 is 17.1 Å². The van der Waals surface area contributed by atoms with Crippen LogP contribution in [0.4, 0.5) is 0 Å². The van der Waals surface area contributed by atoms with E-state index in [1.165, 1.54) is 23.3 Å². The van der Waals surface area contributed by atoms with E-state index in [9.17, 15) is 4.79 Å². The number of Topliss-reactive ketones (excluding diaryl/α,β-unsaturated/α-hetero) is 1. The lowest BCUT2D eigenvalue weighted by atomic mass is 9.99. The van der Waals surface area contributed by atoms with Gasteiger partial charge in [-0.25, -0.2) is 4.98 Å². The lowest BCUT2D eigenvalue weighted by Gasteiger charge is -2.08. The van der Waals surface area contributed by atoms with E-state index in [1.807, 2.05) is 17.8 Å². The van der Waals surface area contributed by atoms with Crippen LogP contribution in [0.1, 0.15) is 45.2 Å². The molecule has 0 radical (unpaired) electrons. The normalized spacial score (nSPS) is 14.4. The zero-order chi connectivity index (χ0) is 13.2. The minimum atomic E-state index is 0.266. The Bertz CT molecular complexity index is 574. The Balaban J connectivity index is 1.67. The number of hydrogen-bond donors (Lipinski definition) is 0. The molecule has 0 unspecified atom stereocenters. The maximum Gasteiger partial charge on any atom is 0.173 e. The first-order chi connectivity index (χ1) is 9.24. The number of hydrogen-bond acceptors (Lipinski definition) is 3. The molecule has 2 aromatic heterocycles. The fourth-order valence-corrected chi connectivity index (χ4v) is 3.84. The molecule has 100 valence electrons. The van der Waals surface area contributed by atoms with Gasteiger partial charge in [0, 0.05) is 37.2 Å². The fourth-order valence-electron chi connectivity index (χ4n) is 2.61. The SMILES string of the molecule is Cn1ccnc1CCC(=O)c1cc2c(s1)CCCC2. The molecule has 0 amide bonds. The number of imidazole rings is 1. The average Bonchev–Trinajstić information content (AvgIpc) is 3.01. The largest absolute Gasteiger partial charge is 0.338 e. The third-order valence-electron chi connectivity index (χ3n) is 3.77. The lowest BCUT2D eigenvalue weighted by Crippen LogP contribution is -2.03. The van der Waals surface area contributed by atoms with Crippen LogP contribution in [-0.4, -0.2) is 15.3 Å². The summed E-state index contributed by atoms with van der Waals surface area (Å²) in [6, 6.07) is 2.12. The van der Waals surface area contributed by atoms with Crippen molar-refractivity contribution < 1.29 is 4.79 Å². The second-order valence-corrected chi connectivity index (χ2v) is 6.28. The van der Waals surface area contributed by atoms with Gasteiger partial charge < -0.3 is 4.57 Å². The molecule has 0 N–H and O–H groups in total. The summed E-state index contributed by atoms with van der Waals surface area (Å²) in [5.41, 5.74) is 1.41. The van der Waals surface area contributed by atoms with E-state index >= 15 is 0 Å². The number of aromatic nitrogens is 2. The average molecular weight is 274 g/mol. The van der Waals surface area contributed by atoms with E-state index in [4.69, 9.17) is 0 Å². The fraction of sp³-hybridized carbons (Fsp3) is 0.467. The van der Waals surface area contributed by atoms with Crippen LogP contribution < -0.4 is 0 Å². The highest BCUT2D eigenvalue weighted by atomic mass is 32.1. The van der Waals surface area contributed by atoms with Crippen LogP contribution in [-0.2, 0) is 26.3 Å². The van der Waals surface area contributed by atoms with Crippen molar-refractivity contribution in [1.29, 1.82) is 0 Å². The molecule has 4 heteroatoms. The molecule has 0 bridgehead atoms. The number of carbonyl (C=O) groups is 1. The van der Waals surface area contributed by atoms with E-state index < -0.39 is 0 Å². The second-order valence-electron chi connectivity index (χ2n) is 5.14. The summed E-state index contributed by atoms with van der Waals surface area (Å²) < 4.78 is 1.98. The van der Waals surface area contributed by atoms with Gasteiger partial charge in [-0.05, 0) is 37.3 Å². The third kappa shape index (κ3) is 2.63. The van der Waals surface area contributed by atoms with Crippen LogP contribution in [0.15, 0.2) is 18.5 Å². The standard InChI is InChI=1S/C15H18N2OS/c1-17-9-8-16-15(17)7-6-12(18)14-10-11-4-2-3-5-13(11)19-14/h8-10H,2-7H2,1H3. The van der Waals surface area contributed by atoms with Crippen LogP contribution >= 0.6 is 11.3 Å². The summed E-state index contributed by atoms with van der Waals surface area (Å²) in [6.07, 6.45) is 9.84. The van der Waals surface area contributed by atoms with Gasteiger partial charge in [0.1, 0.15) is 5.82 Å². The molecular formula is C15H18N2OS. The van der Waals surface area contributed by atoms with Crippen molar-refractivity contribution in [2.75, 3.05) is 0 Å². The molecule has 0 aromatic carbocycles. The van der Waals surface area contributed by atoms with E-state index in [2.05, 4.69) is 11.1 Å². The van der Waals surface area contributed by atoms with Gasteiger partial charge in [0.2, 0.25) is 0 Å². The maximum atomic E-state index is 12.2. The van der Waals surface area contributed by atoms with Crippen LogP contribution in [0, 0.1) is 0 Å². The number of aryl methyl sites for hydroxylation is 4. The highest BCUT2D eigenvalue weighted by Gasteiger charge is 2.17. The Hall–Kier alpha value is -1.42. The summed E-state index contributed by atoms with van der Waals surface area (Å²) in [7, 11) is 1.97. The Morgan fingerprint density at radius 3 is 3.00 bits per heavy atom. The number of nitrogens with zero attached hydrogens (tertiary/aromatic N) is 2. The lowest BCUT2D eigenvalue weighted by molar-refractivity contribution is 0.0986. The van der Waals surface area contributed by atoms with Crippen LogP contribution in [0.2, 0.25) is 0 Å². The second kappa shape index (κ2) is 5.29. The van der Waals surface area contributed by atoms with E-state index in [-0.39, 0.29) is 5.78 Å². The molecule has 3 nitrogen and oxygen atoms in total. The van der Waals surface area contributed by atoms with Crippen molar-refractivity contribution in [3.63, 3.8) is 0 Å². The first-order valence-electron chi connectivity index (χ1n) is 6.85. The first kappa shape index (κ1) is 12.6. The van der Waals surface area contributed by atoms with Crippen LogP contribution in [0.5, 0.6) is 0 Å². The molecule has 2 heterocycles. The molecule has 0 atom stereocenters. The van der Waals surface area contributed by atoms with E-state index in [0.29, 0.717) is 6.42 Å².